The first-order valence-electron chi connectivity index (χ1n) is 10.1. The van der Waals surface area contributed by atoms with Gasteiger partial charge in [-0.25, -0.2) is 0 Å². The third kappa shape index (κ3) is 4.20. The molecule has 0 spiro atoms. The van der Waals surface area contributed by atoms with Gasteiger partial charge in [0.2, 0.25) is 5.91 Å². The minimum Gasteiger partial charge on any atom is -0.358 e. The molecule has 0 atom stereocenters. The second-order valence-corrected chi connectivity index (χ2v) is 8.14. The van der Waals surface area contributed by atoms with Gasteiger partial charge in [-0.2, -0.15) is 0 Å². The van der Waals surface area contributed by atoms with Crippen LogP contribution in [0, 0.1) is 13.8 Å². The van der Waals surface area contributed by atoms with Gasteiger partial charge >= 0.3 is 0 Å². The van der Waals surface area contributed by atoms with Crippen molar-refractivity contribution in [1.82, 2.24) is 14.8 Å². The lowest BCUT2D eigenvalue weighted by Gasteiger charge is -2.34. The van der Waals surface area contributed by atoms with Crippen molar-refractivity contribution in [3.8, 4) is 0 Å². The van der Waals surface area contributed by atoms with Gasteiger partial charge in [0.1, 0.15) is 0 Å². The Morgan fingerprint density at radius 1 is 1.07 bits per heavy atom. The largest absolute Gasteiger partial charge is 0.358 e. The number of rotatable bonds is 4. The van der Waals surface area contributed by atoms with E-state index < -0.39 is 0 Å². The van der Waals surface area contributed by atoms with Crippen molar-refractivity contribution in [3.05, 3.63) is 64.3 Å². The number of hydrogen-bond donors (Lipinski definition) is 2. The number of anilines is 1. The standard InChI is InChI=1S/C23H25ClN4O2/c1-15-16(2)25-20-8-7-17(13-18(15)20)23(30)28-11-9-27(10-12-28)14-22(29)26-21-6-4-3-5-19(21)24/h3-8,13,25H,9-12,14H2,1-2H3,(H,26,29). The average Bonchev–Trinajstić information content (AvgIpc) is 3.03. The predicted octanol–water partition coefficient (Wildman–Crippen LogP) is 3.83. The number of benzene rings is 2. The van der Waals surface area contributed by atoms with Crippen molar-refractivity contribution in [2.75, 3.05) is 38.0 Å². The van der Waals surface area contributed by atoms with E-state index in [1.807, 2.05) is 42.2 Å². The highest BCUT2D eigenvalue weighted by Gasteiger charge is 2.24. The van der Waals surface area contributed by atoms with Gasteiger partial charge in [0.15, 0.2) is 0 Å². The molecule has 6 nitrogen and oxygen atoms in total. The fraction of sp³-hybridized carbons (Fsp3) is 0.304. The van der Waals surface area contributed by atoms with Crippen LogP contribution in [0.2, 0.25) is 5.02 Å². The molecule has 1 fully saturated rings. The molecule has 2 heterocycles. The number of para-hydroxylation sites is 1. The van der Waals surface area contributed by atoms with E-state index in [1.165, 1.54) is 5.56 Å². The Balaban J connectivity index is 1.34. The molecule has 1 saturated heterocycles. The monoisotopic (exact) mass is 424 g/mol. The highest BCUT2D eigenvalue weighted by molar-refractivity contribution is 6.33. The maximum absolute atomic E-state index is 13.0. The zero-order chi connectivity index (χ0) is 21.3. The Kier molecular flexibility index (Phi) is 5.79. The summed E-state index contributed by atoms with van der Waals surface area (Å²) < 4.78 is 0. The first kappa shape index (κ1) is 20.4. The summed E-state index contributed by atoms with van der Waals surface area (Å²) in [5, 5.41) is 4.46. The third-order valence-electron chi connectivity index (χ3n) is 5.73. The molecule has 30 heavy (non-hydrogen) atoms. The van der Waals surface area contributed by atoms with Crippen LogP contribution < -0.4 is 5.32 Å². The quantitative estimate of drug-likeness (QED) is 0.668. The Hall–Kier alpha value is -2.83. The normalized spacial score (nSPS) is 14.8. The van der Waals surface area contributed by atoms with E-state index in [0.29, 0.717) is 42.5 Å². The first-order valence-corrected chi connectivity index (χ1v) is 10.4. The number of fused-ring (bicyclic) bond motifs is 1. The van der Waals surface area contributed by atoms with Crippen LogP contribution >= 0.6 is 11.6 Å². The number of carbonyl (C=O) groups excluding carboxylic acids is 2. The number of amides is 2. The zero-order valence-corrected chi connectivity index (χ0v) is 17.9. The first-order chi connectivity index (χ1) is 14.4. The molecule has 0 radical (unpaired) electrons. The minimum atomic E-state index is -0.105. The fourth-order valence-corrected chi connectivity index (χ4v) is 4.02. The molecule has 0 saturated carbocycles. The SMILES string of the molecule is Cc1[nH]c2ccc(C(=O)N3CCN(CC(=O)Nc4ccccc4Cl)CC3)cc2c1C. The third-order valence-corrected chi connectivity index (χ3v) is 6.06. The van der Waals surface area contributed by atoms with Crippen molar-refractivity contribution in [2.24, 2.45) is 0 Å². The summed E-state index contributed by atoms with van der Waals surface area (Å²) in [4.78, 5) is 32.6. The van der Waals surface area contributed by atoms with E-state index in [-0.39, 0.29) is 18.4 Å². The second-order valence-electron chi connectivity index (χ2n) is 7.73. The summed E-state index contributed by atoms with van der Waals surface area (Å²) >= 11 is 6.10. The number of aryl methyl sites for hydroxylation is 2. The summed E-state index contributed by atoms with van der Waals surface area (Å²) in [5.74, 6) is -0.0676. The highest BCUT2D eigenvalue weighted by Crippen LogP contribution is 2.23. The molecular formula is C23H25ClN4O2. The fourth-order valence-electron chi connectivity index (χ4n) is 3.84. The summed E-state index contributed by atoms with van der Waals surface area (Å²) in [5.41, 5.74) is 4.67. The van der Waals surface area contributed by atoms with Crippen LogP contribution in [0.4, 0.5) is 5.69 Å². The van der Waals surface area contributed by atoms with Crippen molar-refractivity contribution in [3.63, 3.8) is 0 Å². The van der Waals surface area contributed by atoms with Gasteiger partial charge in [0, 0.05) is 48.3 Å². The van der Waals surface area contributed by atoms with Gasteiger partial charge < -0.3 is 15.2 Å². The van der Waals surface area contributed by atoms with Gasteiger partial charge in [-0.05, 0) is 49.7 Å². The topological polar surface area (TPSA) is 68.4 Å². The van der Waals surface area contributed by atoms with Gasteiger partial charge in [0.05, 0.1) is 17.3 Å². The van der Waals surface area contributed by atoms with Gasteiger partial charge in [0.25, 0.3) is 5.91 Å². The predicted molar refractivity (Wildman–Crippen MR) is 120 cm³/mol. The number of piperazine rings is 1. The molecule has 1 aromatic heterocycles. The molecule has 0 unspecified atom stereocenters. The van der Waals surface area contributed by atoms with Crippen molar-refractivity contribution >= 4 is 40.0 Å². The Bertz CT molecular complexity index is 1100. The Morgan fingerprint density at radius 3 is 2.53 bits per heavy atom. The molecule has 3 aromatic rings. The molecule has 2 N–H and O–H groups in total. The smallest absolute Gasteiger partial charge is 0.253 e. The molecule has 0 bridgehead atoms. The maximum Gasteiger partial charge on any atom is 0.253 e. The lowest BCUT2D eigenvalue weighted by molar-refractivity contribution is -0.117. The van der Waals surface area contributed by atoms with Crippen molar-refractivity contribution in [1.29, 1.82) is 0 Å². The average molecular weight is 425 g/mol. The summed E-state index contributed by atoms with van der Waals surface area (Å²) in [6.45, 7) is 6.90. The molecule has 1 aliphatic heterocycles. The van der Waals surface area contributed by atoms with E-state index in [0.717, 1.165) is 16.6 Å². The number of aromatic nitrogens is 1. The van der Waals surface area contributed by atoms with Crippen molar-refractivity contribution < 1.29 is 9.59 Å². The van der Waals surface area contributed by atoms with Crippen LogP contribution in [-0.2, 0) is 4.79 Å². The van der Waals surface area contributed by atoms with E-state index in [2.05, 4.69) is 22.1 Å². The van der Waals surface area contributed by atoms with Gasteiger partial charge in [-0.15, -0.1) is 0 Å². The number of nitrogens with one attached hydrogen (secondary N) is 2. The summed E-state index contributed by atoms with van der Waals surface area (Å²) in [7, 11) is 0. The Morgan fingerprint density at radius 2 is 1.80 bits per heavy atom. The van der Waals surface area contributed by atoms with Crippen LogP contribution in [-0.4, -0.2) is 59.3 Å². The number of H-pyrrole nitrogens is 1. The summed E-state index contributed by atoms with van der Waals surface area (Å²) in [6.07, 6.45) is 0. The molecular weight excluding hydrogens is 400 g/mol. The lowest BCUT2D eigenvalue weighted by Crippen LogP contribution is -2.50. The van der Waals surface area contributed by atoms with Crippen LogP contribution in [0.15, 0.2) is 42.5 Å². The second kappa shape index (κ2) is 8.50. The van der Waals surface area contributed by atoms with Crippen molar-refractivity contribution in [2.45, 2.75) is 13.8 Å². The van der Waals surface area contributed by atoms with E-state index in [9.17, 15) is 9.59 Å². The molecule has 0 aliphatic carbocycles. The number of carbonyl (C=O) groups is 2. The maximum atomic E-state index is 13.0. The molecule has 2 amide bonds. The molecule has 4 rings (SSSR count). The van der Waals surface area contributed by atoms with E-state index in [1.54, 1.807) is 12.1 Å². The number of halogens is 1. The molecule has 7 heteroatoms. The number of nitrogens with zero attached hydrogens (tertiary/aromatic N) is 2. The molecule has 1 aliphatic rings. The van der Waals surface area contributed by atoms with Crippen LogP contribution in [0.25, 0.3) is 10.9 Å². The number of hydrogen-bond acceptors (Lipinski definition) is 3. The van der Waals surface area contributed by atoms with Gasteiger partial charge in [-0.3, -0.25) is 14.5 Å². The summed E-state index contributed by atoms with van der Waals surface area (Å²) in [6, 6.07) is 13.0. The highest BCUT2D eigenvalue weighted by atomic mass is 35.5. The van der Waals surface area contributed by atoms with E-state index in [4.69, 9.17) is 11.6 Å². The van der Waals surface area contributed by atoms with Gasteiger partial charge in [-0.1, -0.05) is 23.7 Å². The Labute approximate surface area is 180 Å². The van der Waals surface area contributed by atoms with E-state index >= 15 is 0 Å². The van der Waals surface area contributed by atoms with Crippen LogP contribution in [0.5, 0.6) is 0 Å². The van der Waals surface area contributed by atoms with Crippen LogP contribution in [0.3, 0.4) is 0 Å². The lowest BCUT2D eigenvalue weighted by atomic mass is 10.1. The molecule has 2 aromatic carbocycles. The van der Waals surface area contributed by atoms with Crippen LogP contribution in [0.1, 0.15) is 21.6 Å². The minimum absolute atomic E-state index is 0.0373. The number of aromatic amines is 1. The molecule has 156 valence electrons. The zero-order valence-electron chi connectivity index (χ0n) is 17.2.